The van der Waals surface area contributed by atoms with Gasteiger partial charge in [0.25, 0.3) is 0 Å². The van der Waals surface area contributed by atoms with Crippen LogP contribution in [0.1, 0.15) is 46.4 Å². The summed E-state index contributed by atoms with van der Waals surface area (Å²) in [5, 5.41) is 5.58. The van der Waals surface area contributed by atoms with Crippen molar-refractivity contribution in [3.8, 4) is 0 Å². The highest BCUT2D eigenvalue weighted by atomic mass is 32.1. The Labute approximate surface area is 214 Å². The summed E-state index contributed by atoms with van der Waals surface area (Å²) in [6.45, 7) is 4.58. The minimum absolute atomic E-state index is 0.0447. The van der Waals surface area contributed by atoms with Crippen molar-refractivity contribution in [2.75, 3.05) is 0 Å². The number of aryl methyl sites for hydroxylation is 1. The molecule has 4 aromatic carbocycles. The third-order valence-electron chi connectivity index (χ3n) is 8.14. The third-order valence-corrected chi connectivity index (χ3v) is 9.34. The van der Waals surface area contributed by atoms with Crippen molar-refractivity contribution in [3.05, 3.63) is 139 Å². The number of rotatable bonds is 2. The van der Waals surface area contributed by atoms with Crippen molar-refractivity contribution >= 4 is 33.1 Å². The molecular weight excluding hydrogens is 459 g/mol. The Balaban J connectivity index is 1.63. The number of benzene rings is 4. The second-order valence-electron chi connectivity index (χ2n) is 10.3. The second-order valence-corrected chi connectivity index (χ2v) is 11.4. The number of halogens is 1. The number of hydrogen-bond acceptors (Lipinski definition) is 1. The lowest BCUT2D eigenvalue weighted by Crippen LogP contribution is -2.28. The molecule has 176 valence electrons. The van der Waals surface area contributed by atoms with Crippen molar-refractivity contribution < 1.29 is 4.39 Å². The molecule has 0 saturated heterocycles. The maximum atomic E-state index is 15.1. The smallest absolute Gasteiger partial charge is 0.130 e. The van der Waals surface area contributed by atoms with Crippen molar-refractivity contribution in [2.45, 2.75) is 32.6 Å². The summed E-state index contributed by atoms with van der Waals surface area (Å²) in [7, 11) is 0. The van der Waals surface area contributed by atoms with Gasteiger partial charge < -0.3 is 0 Å². The summed E-state index contributed by atoms with van der Waals surface area (Å²) >= 11 is 1.84. The fraction of sp³-hybridized carbons (Fsp3) is 0.176. The van der Waals surface area contributed by atoms with E-state index in [1.165, 1.54) is 53.2 Å². The van der Waals surface area contributed by atoms with Crippen LogP contribution in [0.2, 0.25) is 0 Å². The minimum atomic E-state index is -0.136. The monoisotopic (exact) mass is 486 g/mol. The van der Waals surface area contributed by atoms with E-state index in [1.54, 1.807) is 6.07 Å². The van der Waals surface area contributed by atoms with Gasteiger partial charge in [-0.2, -0.15) is 0 Å². The highest BCUT2D eigenvalue weighted by Crippen LogP contribution is 2.40. The predicted molar refractivity (Wildman–Crippen MR) is 149 cm³/mol. The summed E-state index contributed by atoms with van der Waals surface area (Å²) < 4.78 is 16.4. The first-order valence-corrected chi connectivity index (χ1v) is 13.6. The van der Waals surface area contributed by atoms with Crippen LogP contribution in [-0.2, 0) is 6.42 Å². The van der Waals surface area contributed by atoms with E-state index in [0.29, 0.717) is 5.92 Å². The molecule has 2 unspecified atom stereocenters. The van der Waals surface area contributed by atoms with Crippen LogP contribution in [0.4, 0.5) is 4.39 Å². The molecule has 0 radical (unpaired) electrons. The Morgan fingerprint density at radius 1 is 0.833 bits per heavy atom. The van der Waals surface area contributed by atoms with Gasteiger partial charge in [-0.25, -0.2) is 4.39 Å². The van der Waals surface area contributed by atoms with Crippen LogP contribution in [0.15, 0.2) is 84.9 Å². The molecule has 2 aliphatic rings. The summed E-state index contributed by atoms with van der Waals surface area (Å²) in [4.78, 5) is 1.29. The summed E-state index contributed by atoms with van der Waals surface area (Å²) in [5.41, 5.74) is 6.95. The van der Waals surface area contributed by atoms with Gasteiger partial charge in [-0.1, -0.05) is 79.7 Å². The number of fused-ring (bicyclic) bond motifs is 5. The zero-order chi connectivity index (χ0) is 24.4. The van der Waals surface area contributed by atoms with Gasteiger partial charge in [-0.15, -0.1) is 11.3 Å². The lowest BCUT2D eigenvalue weighted by Gasteiger charge is -2.29. The largest absolute Gasteiger partial charge is 0.206 e. The SMILES string of the molecule is Cc1ccccc1C1=c2ccc3c(c2CCC1C)C(c1cc2ccccc2s1)C=c1c(F)cccc1=3. The molecule has 0 nitrogen and oxygen atoms in total. The van der Waals surface area contributed by atoms with Crippen LogP contribution in [0.5, 0.6) is 0 Å². The van der Waals surface area contributed by atoms with Crippen molar-refractivity contribution in [3.63, 3.8) is 0 Å². The molecule has 2 atom stereocenters. The number of thiophene rings is 1. The zero-order valence-corrected chi connectivity index (χ0v) is 21.3. The topological polar surface area (TPSA) is 0 Å². The molecule has 1 heterocycles. The van der Waals surface area contributed by atoms with E-state index < -0.39 is 0 Å². The van der Waals surface area contributed by atoms with Gasteiger partial charge in [0.2, 0.25) is 0 Å². The van der Waals surface area contributed by atoms with E-state index in [4.69, 9.17) is 0 Å². The van der Waals surface area contributed by atoms with E-state index >= 15 is 4.39 Å². The first-order chi connectivity index (χ1) is 17.6. The standard InChI is InChI=1S/C34H27FS/c1-20-8-3-5-10-23(20)33-21(2)14-15-27-26(33)17-16-25-24-11-7-12-30(35)28(24)19-29(34(25)27)32-18-22-9-4-6-13-31(22)36-32/h3-13,16-19,21,29H,14-15H2,1-2H3. The van der Waals surface area contributed by atoms with Crippen LogP contribution < -0.4 is 10.4 Å². The molecule has 0 aliphatic heterocycles. The fourth-order valence-corrected chi connectivity index (χ4v) is 7.55. The van der Waals surface area contributed by atoms with Gasteiger partial charge in [0.1, 0.15) is 5.82 Å². The normalized spacial score (nSPS) is 18.4. The van der Waals surface area contributed by atoms with Crippen molar-refractivity contribution in [1.82, 2.24) is 0 Å². The van der Waals surface area contributed by atoms with Gasteiger partial charge >= 0.3 is 0 Å². The first-order valence-electron chi connectivity index (χ1n) is 12.8. The van der Waals surface area contributed by atoms with Crippen LogP contribution >= 0.6 is 11.3 Å². The Hall–Kier alpha value is -3.49. The van der Waals surface area contributed by atoms with Crippen LogP contribution in [-0.4, -0.2) is 0 Å². The fourth-order valence-electron chi connectivity index (χ4n) is 6.40. The van der Waals surface area contributed by atoms with E-state index in [0.717, 1.165) is 23.3 Å². The van der Waals surface area contributed by atoms with Gasteiger partial charge in [-0.3, -0.25) is 0 Å². The van der Waals surface area contributed by atoms with Gasteiger partial charge in [0.05, 0.1) is 0 Å². The minimum Gasteiger partial charge on any atom is -0.206 e. The molecule has 7 rings (SSSR count). The molecule has 5 aromatic rings. The number of hydrogen-bond donors (Lipinski definition) is 0. The van der Waals surface area contributed by atoms with E-state index in [9.17, 15) is 0 Å². The quantitative estimate of drug-likeness (QED) is 0.245. The van der Waals surface area contributed by atoms with Crippen LogP contribution in [0.3, 0.4) is 0 Å². The first kappa shape index (κ1) is 21.8. The molecule has 36 heavy (non-hydrogen) atoms. The average molecular weight is 487 g/mol. The molecule has 1 aromatic heterocycles. The molecule has 0 amide bonds. The summed E-state index contributed by atoms with van der Waals surface area (Å²) in [6.07, 6.45) is 4.36. The molecular formula is C34H27FS. The average Bonchev–Trinajstić information content (AvgIpc) is 3.33. The highest BCUT2D eigenvalue weighted by molar-refractivity contribution is 7.19. The maximum absolute atomic E-state index is 15.1. The molecule has 0 fully saturated rings. The molecule has 0 spiro atoms. The maximum Gasteiger partial charge on any atom is 0.130 e. The lowest BCUT2D eigenvalue weighted by molar-refractivity contribution is 0.615. The van der Waals surface area contributed by atoms with Gasteiger partial charge in [-0.05, 0) is 92.8 Å². The van der Waals surface area contributed by atoms with E-state index in [-0.39, 0.29) is 11.7 Å². The second kappa shape index (κ2) is 8.28. The van der Waals surface area contributed by atoms with Gasteiger partial charge in [0.15, 0.2) is 0 Å². The van der Waals surface area contributed by atoms with Gasteiger partial charge in [0, 0.05) is 20.7 Å². The molecule has 2 heteroatoms. The summed E-state index contributed by atoms with van der Waals surface area (Å²) in [6, 6.07) is 29.7. The Morgan fingerprint density at radius 2 is 1.64 bits per heavy atom. The third kappa shape index (κ3) is 3.24. The van der Waals surface area contributed by atoms with Crippen LogP contribution in [0.25, 0.3) is 21.7 Å². The van der Waals surface area contributed by atoms with E-state index in [1.807, 2.05) is 17.4 Å². The Kier molecular flexibility index (Phi) is 5.01. The predicted octanol–water partition coefficient (Wildman–Crippen LogP) is 7.34. The van der Waals surface area contributed by atoms with Crippen LogP contribution in [0, 0.1) is 29.1 Å². The molecule has 0 saturated carbocycles. The van der Waals surface area contributed by atoms with E-state index in [2.05, 4.69) is 92.7 Å². The highest BCUT2D eigenvalue weighted by Gasteiger charge is 2.27. The zero-order valence-electron chi connectivity index (χ0n) is 20.5. The Bertz CT molecular complexity index is 1860. The summed E-state index contributed by atoms with van der Waals surface area (Å²) in [5.74, 6) is 0.405. The molecule has 2 aliphatic carbocycles. The van der Waals surface area contributed by atoms with Crippen molar-refractivity contribution in [1.29, 1.82) is 0 Å². The Morgan fingerprint density at radius 3 is 2.50 bits per heavy atom. The van der Waals surface area contributed by atoms with Crippen molar-refractivity contribution in [2.24, 2.45) is 5.92 Å². The molecule has 0 bridgehead atoms. The molecule has 0 N–H and O–H groups in total. The lowest BCUT2D eigenvalue weighted by atomic mass is 9.76.